The number of pyridine rings is 1. The minimum Gasteiger partial charge on any atom is -0.367 e. The van der Waals surface area contributed by atoms with Crippen molar-refractivity contribution in [2.45, 2.75) is 44.6 Å². The van der Waals surface area contributed by atoms with Crippen LogP contribution in [0, 0.1) is 24.5 Å². The topological polar surface area (TPSA) is 95.5 Å². The van der Waals surface area contributed by atoms with Crippen molar-refractivity contribution in [2.24, 2.45) is 10.9 Å². The van der Waals surface area contributed by atoms with E-state index in [0.29, 0.717) is 35.0 Å². The molecule has 0 radical (unpaired) electrons. The molecule has 3 aromatic rings. The van der Waals surface area contributed by atoms with E-state index in [4.69, 9.17) is 4.98 Å². The molecule has 1 aromatic heterocycles. The van der Waals surface area contributed by atoms with Gasteiger partial charge in [0.05, 0.1) is 5.69 Å². The summed E-state index contributed by atoms with van der Waals surface area (Å²) < 4.78 is 30.0. The first-order chi connectivity index (χ1) is 19.4. The molecule has 9 heteroatoms. The number of aromatic nitrogens is 1. The molecular formula is C31H31F2N5O2. The second-order valence-electron chi connectivity index (χ2n) is 10.9. The van der Waals surface area contributed by atoms with Crippen molar-refractivity contribution < 1.29 is 18.4 Å². The summed E-state index contributed by atoms with van der Waals surface area (Å²) in [5, 5.41) is 9.83. The van der Waals surface area contributed by atoms with Crippen molar-refractivity contribution in [3.8, 4) is 11.1 Å². The highest BCUT2D eigenvalue weighted by molar-refractivity contribution is 6.06. The number of carbonyl (C=O) groups is 2. The Balaban J connectivity index is 1.49. The van der Waals surface area contributed by atoms with Gasteiger partial charge in [0, 0.05) is 35.5 Å². The van der Waals surface area contributed by atoms with Crippen molar-refractivity contribution in [3.05, 3.63) is 82.0 Å². The maximum Gasteiger partial charge on any atom is 0.259 e. The predicted molar refractivity (Wildman–Crippen MR) is 150 cm³/mol. The number of anilines is 1. The predicted octanol–water partition coefficient (Wildman–Crippen LogP) is 4.73. The standard InChI is InChI=1S/C31H31F2N5O2/c1-17-5-8-19(30(39)35-15-18-6-7-18)13-21(17)22-14-26(37-20-9-11-34-12-10-20)38-29-23(22)16-36-31(40)28(29)27-24(32)3-2-4-25(27)33/h2-5,8,13-14,16,18,20,28,34H,6-7,9-12,15H2,1H3,(H,35,39)(H,37,38). The third-order valence-electron chi connectivity index (χ3n) is 7.95. The highest BCUT2D eigenvalue weighted by Crippen LogP contribution is 2.39. The molecule has 1 unspecified atom stereocenters. The first-order valence-electron chi connectivity index (χ1n) is 13.8. The van der Waals surface area contributed by atoms with E-state index in [1.807, 2.05) is 25.1 Å². The number of benzene rings is 2. The van der Waals surface area contributed by atoms with Crippen LogP contribution in [0.3, 0.4) is 0 Å². The van der Waals surface area contributed by atoms with Crippen LogP contribution in [0.25, 0.3) is 11.1 Å². The van der Waals surface area contributed by atoms with Gasteiger partial charge in [-0.2, -0.15) is 0 Å². The highest BCUT2D eigenvalue weighted by atomic mass is 19.1. The lowest BCUT2D eigenvalue weighted by Crippen LogP contribution is -2.35. The van der Waals surface area contributed by atoms with Gasteiger partial charge in [-0.25, -0.2) is 18.8 Å². The first kappa shape index (κ1) is 26.3. The second kappa shape index (κ2) is 10.9. The molecule has 0 bridgehead atoms. The van der Waals surface area contributed by atoms with Crippen molar-refractivity contribution in [1.82, 2.24) is 15.6 Å². The number of nitrogens with one attached hydrogen (secondary N) is 3. The van der Waals surface area contributed by atoms with E-state index >= 15 is 0 Å². The zero-order valence-corrected chi connectivity index (χ0v) is 22.3. The average Bonchev–Trinajstić information content (AvgIpc) is 3.78. The molecule has 1 saturated heterocycles. The molecule has 40 heavy (non-hydrogen) atoms. The van der Waals surface area contributed by atoms with Gasteiger partial charge in [-0.05, 0) is 98.6 Å². The van der Waals surface area contributed by atoms with Crippen LogP contribution in [0.2, 0.25) is 0 Å². The van der Waals surface area contributed by atoms with E-state index in [-0.39, 0.29) is 23.2 Å². The lowest BCUT2D eigenvalue weighted by atomic mass is 9.85. The van der Waals surface area contributed by atoms with E-state index in [1.54, 1.807) is 6.07 Å². The summed E-state index contributed by atoms with van der Waals surface area (Å²) in [6.07, 6.45) is 5.46. The third-order valence-corrected chi connectivity index (χ3v) is 7.95. The van der Waals surface area contributed by atoms with Crippen molar-refractivity contribution in [1.29, 1.82) is 0 Å². The second-order valence-corrected chi connectivity index (χ2v) is 10.9. The van der Waals surface area contributed by atoms with Crippen LogP contribution in [0.15, 0.2) is 47.5 Å². The maximum absolute atomic E-state index is 15.0. The van der Waals surface area contributed by atoms with Crippen LogP contribution in [0.1, 0.15) is 64.3 Å². The molecule has 7 nitrogen and oxygen atoms in total. The summed E-state index contributed by atoms with van der Waals surface area (Å²) in [5.74, 6) is -2.76. The fourth-order valence-corrected chi connectivity index (χ4v) is 5.48. The van der Waals surface area contributed by atoms with Gasteiger partial charge in [0.15, 0.2) is 0 Å². The zero-order chi connectivity index (χ0) is 27.8. The van der Waals surface area contributed by atoms with Gasteiger partial charge in [-0.15, -0.1) is 0 Å². The number of aliphatic imine (C=N–C) groups is 1. The first-order valence-corrected chi connectivity index (χ1v) is 13.8. The van der Waals surface area contributed by atoms with E-state index in [1.165, 1.54) is 12.3 Å². The molecule has 1 aliphatic carbocycles. The minimum atomic E-state index is -1.33. The van der Waals surface area contributed by atoms with Gasteiger partial charge in [-0.1, -0.05) is 12.1 Å². The van der Waals surface area contributed by atoms with Gasteiger partial charge in [0.2, 0.25) is 0 Å². The number of piperidine rings is 1. The van der Waals surface area contributed by atoms with Crippen LogP contribution < -0.4 is 16.0 Å². The Bertz CT molecular complexity index is 1490. The Labute approximate surface area is 231 Å². The molecule has 3 aliphatic rings. The molecule has 2 aromatic carbocycles. The summed E-state index contributed by atoms with van der Waals surface area (Å²) >= 11 is 0. The summed E-state index contributed by atoms with van der Waals surface area (Å²) in [6, 6.07) is 11.1. The molecule has 3 N–H and O–H groups in total. The van der Waals surface area contributed by atoms with Crippen LogP contribution in [-0.4, -0.2) is 48.7 Å². The quantitative estimate of drug-likeness (QED) is 0.401. The highest BCUT2D eigenvalue weighted by Gasteiger charge is 2.35. The van der Waals surface area contributed by atoms with Crippen molar-refractivity contribution >= 4 is 23.8 Å². The zero-order valence-electron chi connectivity index (χ0n) is 22.3. The molecule has 1 saturated carbocycles. The molecule has 2 amide bonds. The molecule has 2 fully saturated rings. The summed E-state index contributed by atoms with van der Waals surface area (Å²) in [7, 11) is 0. The third kappa shape index (κ3) is 5.25. The van der Waals surface area contributed by atoms with Crippen LogP contribution in [-0.2, 0) is 4.79 Å². The molecule has 2 aliphatic heterocycles. The number of amides is 2. The average molecular weight is 544 g/mol. The number of carbonyl (C=O) groups excluding carboxylic acids is 2. The van der Waals surface area contributed by atoms with Crippen molar-refractivity contribution in [2.75, 3.05) is 25.0 Å². The summed E-state index contributed by atoms with van der Waals surface area (Å²) in [6.45, 7) is 4.32. The SMILES string of the molecule is Cc1ccc(C(=O)NCC2CC2)cc1-c1cc(NC2CCNCC2)nc2c1C=NC(=O)C2c1c(F)cccc1F. The minimum absolute atomic E-state index is 0.150. The number of hydrogen-bond acceptors (Lipinski definition) is 5. The monoisotopic (exact) mass is 543 g/mol. The largest absolute Gasteiger partial charge is 0.367 e. The van der Waals surface area contributed by atoms with Crippen LogP contribution >= 0.6 is 0 Å². The van der Waals surface area contributed by atoms with Crippen LogP contribution in [0.5, 0.6) is 0 Å². The van der Waals surface area contributed by atoms with E-state index in [9.17, 15) is 18.4 Å². The Kier molecular flexibility index (Phi) is 7.14. The molecule has 3 heterocycles. The number of hydrogen-bond donors (Lipinski definition) is 3. The normalized spacial score (nSPS) is 18.9. The lowest BCUT2D eigenvalue weighted by Gasteiger charge is -2.27. The Morgan fingerprint density at radius 1 is 1.02 bits per heavy atom. The lowest BCUT2D eigenvalue weighted by molar-refractivity contribution is -0.118. The summed E-state index contributed by atoms with van der Waals surface area (Å²) in [5.41, 5.74) is 3.24. The summed E-state index contributed by atoms with van der Waals surface area (Å²) in [4.78, 5) is 34.9. The fourth-order valence-electron chi connectivity index (χ4n) is 5.48. The van der Waals surface area contributed by atoms with Crippen molar-refractivity contribution in [3.63, 3.8) is 0 Å². The van der Waals surface area contributed by atoms with E-state index in [0.717, 1.165) is 62.0 Å². The van der Waals surface area contributed by atoms with Crippen LogP contribution in [0.4, 0.5) is 14.6 Å². The molecule has 0 spiro atoms. The molecule has 1 atom stereocenters. The maximum atomic E-state index is 15.0. The van der Waals surface area contributed by atoms with Gasteiger partial charge in [0.1, 0.15) is 23.4 Å². The van der Waals surface area contributed by atoms with E-state index in [2.05, 4.69) is 20.9 Å². The Hall–Kier alpha value is -3.98. The number of nitrogens with zero attached hydrogens (tertiary/aromatic N) is 2. The Morgan fingerprint density at radius 2 is 1.77 bits per heavy atom. The number of halogens is 2. The number of aryl methyl sites for hydroxylation is 1. The number of fused-ring (bicyclic) bond motifs is 1. The van der Waals surface area contributed by atoms with Gasteiger partial charge < -0.3 is 16.0 Å². The van der Waals surface area contributed by atoms with Gasteiger partial charge in [-0.3, -0.25) is 9.59 Å². The molecule has 206 valence electrons. The van der Waals surface area contributed by atoms with E-state index < -0.39 is 23.5 Å². The fraction of sp³-hybridized carbons (Fsp3) is 0.355. The van der Waals surface area contributed by atoms with Gasteiger partial charge >= 0.3 is 0 Å². The smallest absolute Gasteiger partial charge is 0.259 e. The van der Waals surface area contributed by atoms with Gasteiger partial charge in [0.25, 0.3) is 11.8 Å². The number of rotatable bonds is 7. The Morgan fingerprint density at radius 3 is 2.50 bits per heavy atom. The molecule has 6 rings (SSSR count). The molecular weight excluding hydrogens is 512 g/mol.